The van der Waals surface area contributed by atoms with E-state index in [9.17, 15) is 19.5 Å². The molecule has 0 aliphatic carbocycles. The van der Waals surface area contributed by atoms with Crippen LogP contribution in [0.3, 0.4) is 0 Å². The van der Waals surface area contributed by atoms with E-state index in [1.54, 1.807) is 36.4 Å². The highest BCUT2D eigenvalue weighted by Crippen LogP contribution is 2.07. The second-order valence-corrected chi connectivity index (χ2v) is 6.90. The number of nitriles is 1. The molecule has 2 aromatic carbocycles. The van der Waals surface area contributed by atoms with Gasteiger partial charge in [0.1, 0.15) is 18.7 Å². The molecule has 2 atom stereocenters. The van der Waals surface area contributed by atoms with Gasteiger partial charge in [-0.25, -0.2) is 9.59 Å². The lowest BCUT2D eigenvalue weighted by Gasteiger charge is -2.21. The van der Waals surface area contributed by atoms with E-state index in [-0.39, 0.29) is 25.9 Å². The Morgan fingerprint density at radius 2 is 1.55 bits per heavy atom. The number of carbonyl (C=O) groups is 3. The Kier molecular flexibility index (Phi) is 9.56. The molecule has 0 aromatic heterocycles. The van der Waals surface area contributed by atoms with E-state index in [0.717, 1.165) is 11.1 Å². The van der Waals surface area contributed by atoms with Gasteiger partial charge in [0.2, 0.25) is 5.91 Å². The number of carboxylic acid groups (broad SMARTS) is 1. The lowest BCUT2D eigenvalue weighted by Crippen LogP contribution is -2.52. The first-order valence-electron chi connectivity index (χ1n) is 9.91. The third-order valence-electron chi connectivity index (χ3n) is 4.50. The van der Waals surface area contributed by atoms with Crippen LogP contribution in [0.4, 0.5) is 4.79 Å². The number of benzene rings is 2. The molecule has 31 heavy (non-hydrogen) atoms. The largest absolute Gasteiger partial charge is 0.480 e. The number of unbranched alkanes of at least 4 members (excludes halogenated alkanes) is 1. The van der Waals surface area contributed by atoms with Crippen LogP contribution in [0.5, 0.6) is 0 Å². The van der Waals surface area contributed by atoms with Crippen molar-refractivity contribution in [3.05, 3.63) is 71.8 Å². The molecule has 0 heterocycles. The fraction of sp³-hybridized carbons (Fsp3) is 0.304. The Labute approximate surface area is 180 Å². The summed E-state index contributed by atoms with van der Waals surface area (Å²) in [5.74, 6) is -1.83. The summed E-state index contributed by atoms with van der Waals surface area (Å²) in [5, 5.41) is 23.0. The second kappa shape index (κ2) is 12.6. The number of rotatable bonds is 11. The first-order valence-corrected chi connectivity index (χ1v) is 9.91. The number of carboxylic acids is 1. The molecule has 0 radical (unpaired) electrons. The summed E-state index contributed by atoms with van der Waals surface area (Å²) in [7, 11) is 0. The van der Waals surface area contributed by atoms with Crippen molar-refractivity contribution in [1.82, 2.24) is 10.6 Å². The average Bonchev–Trinajstić information content (AvgIpc) is 2.78. The Hall–Kier alpha value is -3.86. The Morgan fingerprint density at radius 3 is 2.13 bits per heavy atom. The maximum Gasteiger partial charge on any atom is 0.408 e. The average molecular weight is 423 g/mol. The number of carbonyl (C=O) groups excluding carboxylic acids is 2. The minimum absolute atomic E-state index is 0.0399. The van der Waals surface area contributed by atoms with Crippen LogP contribution in [0.25, 0.3) is 0 Å². The fourth-order valence-electron chi connectivity index (χ4n) is 2.88. The zero-order valence-corrected chi connectivity index (χ0v) is 17.0. The molecule has 8 nitrogen and oxygen atoms in total. The van der Waals surface area contributed by atoms with E-state index in [0.29, 0.717) is 6.42 Å². The van der Waals surface area contributed by atoms with Gasteiger partial charge in [-0.2, -0.15) is 5.26 Å². The van der Waals surface area contributed by atoms with Gasteiger partial charge in [0.15, 0.2) is 0 Å². The summed E-state index contributed by atoms with van der Waals surface area (Å²) < 4.78 is 5.20. The topological polar surface area (TPSA) is 129 Å². The molecule has 0 unspecified atom stereocenters. The van der Waals surface area contributed by atoms with Gasteiger partial charge in [-0.15, -0.1) is 0 Å². The number of amides is 2. The van der Waals surface area contributed by atoms with E-state index in [2.05, 4.69) is 10.6 Å². The summed E-state index contributed by atoms with van der Waals surface area (Å²) in [6.07, 6.45) is 0.0279. The van der Waals surface area contributed by atoms with E-state index in [1.165, 1.54) is 0 Å². The summed E-state index contributed by atoms with van der Waals surface area (Å²) in [5.41, 5.74) is 1.59. The molecular weight excluding hydrogens is 398 g/mol. The van der Waals surface area contributed by atoms with Gasteiger partial charge in [-0.1, -0.05) is 60.7 Å². The molecule has 2 aromatic rings. The van der Waals surface area contributed by atoms with Gasteiger partial charge in [0.25, 0.3) is 0 Å². The van der Waals surface area contributed by atoms with Gasteiger partial charge in [-0.05, 0) is 24.0 Å². The number of aliphatic carboxylic acids is 1. The number of hydrogen-bond acceptors (Lipinski definition) is 5. The lowest BCUT2D eigenvalue weighted by atomic mass is 10.0. The summed E-state index contributed by atoms with van der Waals surface area (Å²) in [6.45, 7) is 0.0399. The second-order valence-electron chi connectivity index (χ2n) is 6.90. The van der Waals surface area contributed by atoms with Crippen LogP contribution in [-0.4, -0.2) is 35.2 Å². The molecule has 0 bridgehead atoms. The molecule has 0 aliphatic rings. The molecule has 2 amide bonds. The van der Waals surface area contributed by atoms with E-state index >= 15 is 0 Å². The maximum absolute atomic E-state index is 12.8. The van der Waals surface area contributed by atoms with Crippen LogP contribution < -0.4 is 10.6 Å². The molecular formula is C23H25N3O5. The number of hydrogen-bond donors (Lipinski definition) is 3. The van der Waals surface area contributed by atoms with Crippen LogP contribution in [0.1, 0.15) is 30.4 Å². The summed E-state index contributed by atoms with van der Waals surface area (Å²) in [4.78, 5) is 36.6. The predicted molar refractivity (Wildman–Crippen MR) is 113 cm³/mol. The summed E-state index contributed by atoms with van der Waals surface area (Å²) >= 11 is 0. The van der Waals surface area contributed by atoms with Crippen molar-refractivity contribution in [2.75, 3.05) is 0 Å². The van der Waals surface area contributed by atoms with Crippen LogP contribution in [0.15, 0.2) is 60.7 Å². The highest BCUT2D eigenvalue weighted by molar-refractivity contribution is 5.89. The number of nitrogens with one attached hydrogen (secondary N) is 2. The molecule has 0 fully saturated rings. The van der Waals surface area contributed by atoms with Crippen molar-refractivity contribution < 1.29 is 24.2 Å². The first-order chi connectivity index (χ1) is 15.0. The van der Waals surface area contributed by atoms with Crippen LogP contribution in [0.2, 0.25) is 0 Å². The van der Waals surface area contributed by atoms with Gasteiger partial charge >= 0.3 is 12.1 Å². The molecule has 8 heteroatoms. The minimum atomic E-state index is -1.20. The minimum Gasteiger partial charge on any atom is -0.480 e. The lowest BCUT2D eigenvalue weighted by molar-refractivity contribution is -0.142. The third kappa shape index (κ3) is 8.58. The quantitative estimate of drug-likeness (QED) is 0.477. The zero-order valence-electron chi connectivity index (χ0n) is 17.0. The van der Waals surface area contributed by atoms with Crippen molar-refractivity contribution in [2.45, 2.75) is 44.4 Å². The van der Waals surface area contributed by atoms with Gasteiger partial charge in [0.05, 0.1) is 6.07 Å². The van der Waals surface area contributed by atoms with Crippen LogP contribution in [-0.2, 0) is 27.4 Å². The standard InChI is InChI=1S/C23H25N3O5/c24-14-8-7-13-19(22(28)29)25-21(27)20(15-17-9-3-1-4-10-17)26-23(30)31-16-18-11-5-2-6-12-18/h1-6,9-12,19-20H,7-8,13,15-16H2,(H,25,27)(H,26,30)(H,28,29)/t19-,20+/m1/s1. The van der Waals surface area contributed by atoms with Gasteiger partial charge in [-0.3, -0.25) is 4.79 Å². The highest BCUT2D eigenvalue weighted by atomic mass is 16.5. The molecule has 0 saturated heterocycles. The molecule has 0 saturated carbocycles. The van der Waals surface area contributed by atoms with E-state index in [1.807, 2.05) is 30.3 Å². The normalized spacial score (nSPS) is 12.1. The maximum atomic E-state index is 12.8. The van der Waals surface area contributed by atoms with Crippen molar-refractivity contribution in [3.8, 4) is 6.07 Å². The molecule has 2 rings (SSSR count). The van der Waals surface area contributed by atoms with Gasteiger partial charge < -0.3 is 20.5 Å². The van der Waals surface area contributed by atoms with Crippen LogP contribution >= 0.6 is 0 Å². The SMILES string of the molecule is N#CCCC[C@@H](NC(=O)[C@H](Cc1ccccc1)NC(=O)OCc1ccccc1)C(=O)O. The Bertz CT molecular complexity index is 896. The van der Waals surface area contributed by atoms with E-state index in [4.69, 9.17) is 10.00 Å². The number of ether oxygens (including phenoxy) is 1. The first kappa shape index (κ1) is 23.4. The summed E-state index contributed by atoms with van der Waals surface area (Å²) in [6, 6.07) is 17.9. The predicted octanol–water partition coefficient (Wildman–Crippen LogP) is 2.79. The van der Waals surface area contributed by atoms with Crippen molar-refractivity contribution in [1.29, 1.82) is 5.26 Å². The van der Waals surface area contributed by atoms with Crippen LogP contribution in [0, 0.1) is 11.3 Å². The van der Waals surface area contributed by atoms with Crippen molar-refractivity contribution >= 4 is 18.0 Å². The fourth-order valence-corrected chi connectivity index (χ4v) is 2.88. The number of alkyl carbamates (subject to hydrolysis) is 1. The highest BCUT2D eigenvalue weighted by Gasteiger charge is 2.27. The van der Waals surface area contributed by atoms with E-state index < -0.39 is 30.1 Å². The monoisotopic (exact) mass is 423 g/mol. The Balaban J connectivity index is 2.04. The zero-order chi connectivity index (χ0) is 22.5. The molecule has 162 valence electrons. The smallest absolute Gasteiger partial charge is 0.408 e. The number of nitrogens with zero attached hydrogens (tertiary/aromatic N) is 1. The van der Waals surface area contributed by atoms with Crippen molar-refractivity contribution in [2.24, 2.45) is 0 Å². The molecule has 0 spiro atoms. The van der Waals surface area contributed by atoms with Crippen molar-refractivity contribution in [3.63, 3.8) is 0 Å². The molecule has 3 N–H and O–H groups in total. The third-order valence-corrected chi connectivity index (χ3v) is 4.50. The molecule has 0 aliphatic heterocycles. The van der Waals surface area contributed by atoms with Gasteiger partial charge in [0, 0.05) is 12.8 Å². The Morgan fingerprint density at radius 1 is 0.935 bits per heavy atom.